The summed E-state index contributed by atoms with van der Waals surface area (Å²) in [5.41, 5.74) is 3.00. The molecule has 1 atom stereocenters. The molecule has 2 rings (SSSR count). The number of para-hydroxylation sites is 1. The molecule has 138 valence electrons. The van der Waals surface area contributed by atoms with Crippen LogP contribution in [0, 0.1) is 6.92 Å². The van der Waals surface area contributed by atoms with Crippen molar-refractivity contribution in [3.8, 4) is 0 Å². The molecular formula is C21H26N2O3. The second kappa shape index (κ2) is 9.73. The van der Waals surface area contributed by atoms with Crippen molar-refractivity contribution >= 4 is 17.6 Å². The molecule has 0 aliphatic rings. The summed E-state index contributed by atoms with van der Waals surface area (Å²) < 4.78 is 5.00. The van der Waals surface area contributed by atoms with Crippen LogP contribution in [0.3, 0.4) is 0 Å². The number of anilines is 1. The predicted molar refractivity (Wildman–Crippen MR) is 103 cm³/mol. The zero-order chi connectivity index (χ0) is 18.9. The standard InChI is InChI=1S/C21H26N2O3/c1-4-26-21(25)15-23(18-11-6-5-7-12-18)20(24)14-22-17(3)19-13-9-8-10-16(19)2/h5-13,17,22H,4,14-15H2,1-3H3. The third-order valence-corrected chi connectivity index (χ3v) is 4.18. The van der Waals surface area contributed by atoms with Gasteiger partial charge in [-0.25, -0.2) is 0 Å². The first-order valence-corrected chi connectivity index (χ1v) is 8.82. The highest BCUT2D eigenvalue weighted by molar-refractivity contribution is 5.98. The van der Waals surface area contributed by atoms with E-state index in [4.69, 9.17) is 4.74 Å². The molecule has 1 N–H and O–H groups in total. The lowest BCUT2D eigenvalue weighted by Gasteiger charge is -2.23. The molecular weight excluding hydrogens is 328 g/mol. The van der Waals surface area contributed by atoms with Crippen LogP contribution in [0.5, 0.6) is 0 Å². The fourth-order valence-corrected chi connectivity index (χ4v) is 2.79. The summed E-state index contributed by atoms with van der Waals surface area (Å²) in [5, 5.41) is 3.25. The Morgan fingerprint density at radius 1 is 1.08 bits per heavy atom. The lowest BCUT2D eigenvalue weighted by atomic mass is 10.0. The zero-order valence-corrected chi connectivity index (χ0v) is 15.6. The largest absolute Gasteiger partial charge is 0.465 e. The average Bonchev–Trinajstić information content (AvgIpc) is 2.65. The van der Waals surface area contributed by atoms with E-state index in [1.165, 1.54) is 10.5 Å². The summed E-state index contributed by atoms with van der Waals surface area (Å²) in [6.45, 7) is 6.14. The molecule has 0 saturated heterocycles. The minimum atomic E-state index is -0.420. The SMILES string of the molecule is CCOC(=O)CN(C(=O)CNC(C)c1ccccc1C)c1ccccc1. The molecule has 0 aliphatic heterocycles. The zero-order valence-electron chi connectivity index (χ0n) is 15.6. The van der Waals surface area contributed by atoms with Crippen LogP contribution in [0.4, 0.5) is 5.69 Å². The minimum Gasteiger partial charge on any atom is -0.465 e. The molecule has 0 fully saturated rings. The Labute approximate surface area is 155 Å². The van der Waals surface area contributed by atoms with Gasteiger partial charge in [0.25, 0.3) is 0 Å². The summed E-state index contributed by atoms with van der Waals surface area (Å²) in [7, 11) is 0. The Kier molecular flexibility index (Phi) is 7.36. The Balaban J connectivity index is 2.06. The summed E-state index contributed by atoms with van der Waals surface area (Å²) in [6, 6.07) is 17.3. The molecule has 2 aromatic rings. The number of hydrogen-bond acceptors (Lipinski definition) is 4. The lowest BCUT2D eigenvalue weighted by Crippen LogP contribution is -2.42. The van der Waals surface area contributed by atoms with Gasteiger partial charge in [-0.15, -0.1) is 0 Å². The van der Waals surface area contributed by atoms with E-state index in [-0.39, 0.29) is 31.6 Å². The Morgan fingerprint density at radius 3 is 2.38 bits per heavy atom. The first-order valence-electron chi connectivity index (χ1n) is 8.82. The fraction of sp³-hybridized carbons (Fsp3) is 0.333. The van der Waals surface area contributed by atoms with Crippen LogP contribution in [0.15, 0.2) is 54.6 Å². The molecule has 0 aromatic heterocycles. The maximum Gasteiger partial charge on any atom is 0.326 e. The molecule has 5 nitrogen and oxygen atoms in total. The number of carbonyl (C=O) groups is 2. The molecule has 0 radical (unpaired) electrons. The number of nitrogens with one attached hydrogen (secondary N) is 1. The van der Waals surface area contributed by atoms with Crippen LogP contribution in [0.1, 0.15) is 31.0 Å². The normalized spacial score (nSPS) is 11.7. The molecule has 0 heterocycles. The molecule has 0 spiro atoms. The molecule has 0 saturated carbocycles. The third-order valence-electron chi connectivity index (χ3n) is 4.18. The molecule has 26 heavy (non-hydrogen) atoms. The number of carbonyl (C=O) groups excluding carboxylic acids is 2. The van der Waals surface area contributed by atoms with Gasteiger partial charge in [-0.3, -0.25) is 9.59 Å². The first kappa shape index (κ1) is 19.7. The van der Waals surface area contributed by atoms with Crippen LogP contribution in [0.2, 0.25) is 0 Å². The van der Waals surface area contributed by atoms with Gasteiger partial charge in [0, 0.05) is 11.7 Å². The van der Waals surface area contributed by atoms with Crippen molar-refractivity contribution in [2.75, 3.05) is 24.6 Å². The molecule has 0 aliphatic carbocycles. The Morgan fingerprint density at radius 2 is 1.73 bits per heavy atom. The van der Waals surface area contributed by atoms with Crippen molar-refractivity contribution in [2.24, 2.45) is 0 Å². The number of esters is 1. The van der Waals surface area contributed by atoms with E-state index in [9.17, 15) is 9.59 Å². The summed E-state index contributed by atoms with van der Waals surface area (Å²) in [5.74, 6) is -0.596. The summed E-state index contributed by atoms with van der Waals surface area (Å²) in [4.78, 5) is 26.1. The topological polar surface area (TPSA) is 58.6 Å². The molecule has 0 bridgehead atoms. The second-order valence-corrected chi connectivity index (χ2v) is 6.08. The quantitative estimate of drug-likeness (QED) is 0.740. The average molecular weight is 354 g/mol. The van der Waals surface area contributed by atoms with Crippen molar-refractivity contribution in [1.29, 1.82) is 0 Å². The molecule has 5 heteroatoms. The Hall–Kier alpha value is -2.66. The van der Waals surface area contributed by atoms with Crippen LogP contribution in [-0.4, -0.2) is 31.6 Å². The van der Waals surface area contributed by atoms with E-state index < -0.39 is 5.97 Å². The number of hydrogen-bond donors (Lipinski definition) is 1. The molecule has 2 aromatic carbocycles. The minimum absolute atomic E-state index is 0.0281. The van der Waals surface area contributed by atoms with Crippen LogP contribution in [-0.2, 0) is 14.3 Å². The van der Waals surface area contributed by atoms with Gasteiger partial charge in [-0.05, 0) is 44.0 Å². The number of rotatable bonds is 8. The third kappa shape index (κ3) is 5.43. The maximum atomic E-state index is 12.8. The second-order valence-electron chi connectivity index (χ2n) is 6.08. The van der Waals surface area contributed by atoms with Crippen molar-refractivity contribution in [1.82, 2.24) is 5.32 Å². The van der Waals surface area contributed by atoms with E-state index in [1.54, 1.807) is 6.92 Å². The highest BCUT2D eigenvalue weighted by Gasteiger charge is 2.20. The van der Waals surface area contributed by atoms with Crippen molar-refractivity contribution in [3.63, 3.8) is 0 Å². The first-order chi connectivity index (χ1) is 12.5. The van der Waals surface area contributed by atoms with Gasteiger partial charge in [0.2, 0.25) is 5.91 Å². The van der Waals surface area contributed by atoms with E-state index in [2.05, 4.69) is 5.32 Å². The fourth-order valence-electron chi connectivity index (χ4n) is 2.79. The van der Waals surface area contributed by atoms with E-state index in [0.717, 1.165) is 5.56 Å². The highest BCUT2D eigenvalue weighted by atomic mass is 16.5. The maximum absolute atomic E-state index is 12.8. The van der Waals surface area contributed by atoms with E-state index in [1.807, 2.05) is 68.4 Å². The molecule has 1 unspecified atom stereocenters. The lowest BCUT2D eigenvalue weighted by molar-refractivity contribution is -0.142. The summed E-state index contributed by atoms with van der Waals surface area (Å²) >= 11 is 0. The number of ether oxygens (including phenoxy) is 1. The van der Waals surface area contributed by atoms with Crippen molar-refractivity contribution < 1.29 is 14.3 Å². The predicted octanol–water partition coefficient (Wildman–Crippen LogP) is 3.24. The van der Waals surface area contributed by atoms with Crippen molar-refractivity contribution in [2.45, 2.75) is 26.8 Å². The molecule has 1 amide bonds. The monoisotopic (exact) mass is 354 g/mol. The van der Waals surface area contributed by atoms with Gasteiger partial charge in [0.15, 0.2) is 0 Å². The number of benzene rings is 2. The smallest absolute Gasteiger partial charge is 0.326 e. The van der Waals surface area contributed by atoms with Gasteiger partial charge >= 0.3 is 5.97 Å². The van der Waals surface area contributed by atoms with Crippen molar-refractivity contribution in [3.05, 3.63) is 65.7 Å². The van der Waals surface area contributed by atoms with Crippen LogP contribution < -0.4 is 10.2 Å². The van der Waals surface area contributed by atoms with Gasteiger partial charge in [-0.2, -0.15) is 0 Å². The highest BCUT2D eigenvalue weighted by Crippen LogP contribution is 2.17. The number of amides is 1. The van der Waals surface area contributed by atoms with E-state index >= 15 is 0 Å². The van der Waals surface area contributed by atoms with Gasteiger partial charge in [0.05, 0.1) is 13.2 Å². The van der Waals surface area contributed by atoms with Gasteiger partial charge < -0.3 is 15.0 Å². The van der Waals surface area contributed by atoms with E-state index in [0.29, 0.717) is 5.69 Å². The van der Waals surface area contributed by atoms with Crippen LogP contribution >= 0.6 is 0 Å². The Bertz CT molecular complexity index is 731. The van der Waals surface area contributed by atoms with Gasteiger partial charge in [0.1, 0.15) is 6.54 Å². The van der Waals surface area contributed by atoms with Crippen LogP contribution in [0.25, 0.3) is 0 Å². The number of nitrogens with zero attached hydrogens (tertiary/aromatic N) is 1. The summed E-state index contributed by atoms with van der Waals surface area (Å²) in [6.07, 6.45) is 0. The van der Waals surface area contributed by atoms with Gasteiger partial charge in [-0.1, -0.05) is 42.5 Å². The number of aryl methyl sites for hydroxylation is 1.